The lowest BCUT2D eigenvalue weighted by Gasteiger charge is -2.09. The van der Waals surface area contributed by atoms with E-state index in [-0.39, 0.29) is 5.69 Å². The molecule has 2 aromatic rings. The van der Waals surface area contributed by atoms with Gasteiger partial charge in [0.1, 0.15) is 11.5 Å². The van der Waals surface area contributed by atoms with Crippen LogP contribution in [-0.2, 0) is 6.42 Å². The molecule has 0 aliphatic carbocycles. The van der Waals surface area contributed by atoms with Crippen LogP contribution in [0.15, 0.2) is 40.8 Å². The van der Waals surface area contributed by atoms with Gasteiger partial charge in [0.2, 0.25) is 0 Å². The minimum Gasteiger partial charge on any atom is -0.461 e. The predicted octanol–water partition coefficient (Wildman–Crippen LogP) is 3.40. The fourth-order valence-corrected chi connectivity index (χ4v) is 2.11. The van der Waals surface area contributed by atoms with Crippen molar-refractivity contribution in [2.75, 3.05) is 6.54 Å². The van der Waals surface area contributed by atoms with Crippen LogP contribution in [0.25, 0.3) is 11.3 Å². The number of nitro groups is 1. The molecule has 5 heteroatoms. The topological polar surface area (TPSA) is 68.3 Å². The largest absolute Gasteiger partial charge is 0.461 e. The van der Waals surface area contributed by atoms with Crippen LogP contribution in [0, 0.1) is 10.1 Å². The number of non-ortho nitro benzene ring substituents is 1. The molecule has 1 atom stereocenters. The van der Waals surface area contributed by atoms with Crippen LogP contribution in [0.4, 0.5) is 5.69 Å². The molecule has 1 aromatic heterocycles. The Labute approximate surface area is 117 Å². The van der Waals surface area contributed by atoms with E-state index >= 15 is 0 Å². The minimum absolute atomic E-state index is 0.0845. The Bertz CT molecular complexity index is 575. The number of hydrogen-bond acceptors (Lipinski definition) is 4. The molecule has 20 heavy (non-hydrogen) atoms. The molecular weight excluding hydrogens is 256 g/mol. The van der Waals surface area contributed by atoms with E-state index in [4.69, 9.17) is 4.42 Å². The number of furan rings is 1. The molecule has 0 spiro atoms. The molecule has 1 aromatic carbocycles. The molecule has 0 saturated carbocycles. The van der Waals surface area contributed by atoms with Crippen molar-refractivity contribution >= 4 is 5.69 Å². The summed E-state index contributed by atoms with van der Waals surface area (Å²) in [5.41, 5.74) is 0.930. The van der Waals surface area contributed by atoms with Crippen molar-refractivity contribution in [2.24, 2.45) is 0 Å². The Kier molecular flexibility index (Phi) is 4.53. The summed E-state index contributed by atoms with van der Waals surface area (Å²) in [6, 6.07) is 10.6. The van der Waals surface area contributed by atoms with Crippen LogP contribution in [0.2, 0.25) is 0 Å². The summed E-state index contributed by atoms with van der Waals surface area (Å²) in [7, 11) is 0. The zero-order chi connectivity index (χ0) is 14.5. The summed E-state index contributed by atoms with van der Waals surface area (Å²) in [4.78, 5) is 10.2. The van der Waals surface area contributed by atoms with Gasteiger partial charge in [-0.15, -0.1) is 0 Å². The molecule has 0 radical (unpaired) electrons. The second-order valence-electron chi connectivity index (χ2n) is 4.73. The number of nitro benzene ring substituents is 1. The van der Waals surface area contributed by atoms with Gasteiger partial charge in [0.05, 0.1) is 4.92 Å². The molecule has 5 nitrogen and oxygen atoms in total. The lowest BCUT2D eigenvalue weighted by Crippen LogP contribution is -2.27. The van der Waals surface area contributed by atoms with Crippen LogP contribution in [-0.4, -0.2) is 17.5 Å². The average molecular weight is 274 g/mol. The maximum absolute atomic E-state index is 10.6. The Morgan fingerprint density at radius 1 is 1.25 bits per heavy atom. The predicted molar refractivity (Wildman–Crippen MR) is 77.6 cm³/mol. The summed E-state index contributed by atoms with van der Waals surface area (Å²) >= 11 is 0. The second-order valence-corrected chi connectivity index (χ2v) is 4.73. The molecule has 2 rings (SSSR count). The van der Waals surface area contributed by atoms with Crippen LogP contribution in [0.3, 0.4) is 0 Å². The lowest BCUT2D eigenvalue weighted by atomic mass is 10.1. The molecule has 1 unspecified atom stereocenters. The summed E-state index contributed by atoms with van der Waals surface area (Å²) in [6.07, 6.45) is 0.820. The van der Waals surface area contributed by atoms with Gasteiger partial charge in [-0.25, -0.2) is 0 Å². The minimum atomic E-state index is -0.407. The van der Waals surface area contributed by atoms with E-state index in [9.17, 15) is 10.1 Å². The van der Waals surface area contributed by atoms with E-state index in [1.54, 1.807) is 12.1 Å². The van der Waals surface area contributed by atoms with Crippen LogP contribution >= 0.6 is 0 Å². The number of likely N-dealkylation sites (N-methyl/N-ethyl adjacent to an activating group) is 1. The monoisotopic (exact) mass is 274 g/mol. The Morgan fingerprint density at radius 3 is 2.55 bits per heavy atom. The molecule has 1 N–H and O–H groups in total. The fraction of sp³-hybridized carbons (Fsp3) is 0.333. The second kappa shape index (κ2) is 6.34. The highest BCUT2D eigenvalue weighted by molar-refractivity contribution is 5.59. The maximum Gasteiger partial charge on any atom is 0.269 e. The molecular formula is C15H18N2O3. The Morgan fingerprint density at radius 2 is 1.95 bits per heavy atom. The molecule has 0 aliphatic rings. The Balaban J connectivity index is 2.10. The quantitative estimate of drug-likeness (QED) is 0.647. The third-order valence-corrected chi connectivity index (χ3v) is 3.08. The molecule has 0 fully saturated rings. The van der Waals surface area contributed by atoms with Gasteiger partial charge < -0.3 is 9.73 Å². The first-order valence-electron chi connectivity index (χ1n) is 6.67. The molecule has 0 aliphatic heterocycles. The number of rotatable bonds is 6. The van der Waals surface area contributed by atoms with Crippen molar-refractivity contribution in [2.45, 2.75) is 26.3 Å². The van der Waals surface area contributed by atoms with Crippen LogP contribution < -0.4 is 5.32 Å². The van der Waals surface area contributed by atoms with Gasteiger partial charge in [0.15, 0.2) is 0 Å². The fourth-order valence-electron chi connectivity index (χ4n) is 2.11. The van der Waals surface area contributed by atoms with Crippen molar-refractivity contribution in [3.8, 4) is 11.3 Å². The molecule has 0 amide bonds. The third-order valence-electron chi connectivity index (χ3n) is 3.08. The van der Waals surface area contributed by atoms with E-state index in [0.29, 0.717) is 6.04 Å². The lowest BCUT2D eigenvalue weighted by molar-refractivity contribution is -0.384. The number of nitrogens with zero attached hydrogens (tertiary/aromatic N) is 1. The highest BCUT2D eigenvalue weighted by atomic mass is 16.6. The summed E-state index contributed by atoms with van der Waals surface area (Å²) < 4.78 is 5.78. The van der Waals surface area contributed by atoms with Crippen LogP contribution in [0.1, 0.15) is 19.6 Å². The van der Waals surface area contributed by atoms with Gasteiger partial charge in [-0.3, -0.25) is 10.1 Å². The molecule has 1 heterocycles. The van der Waals surface area contributed by atoms with Gasteiger partial charge in [-0.1, -0.05) is 6.92 Å². The van der Waals surface area contributed by atoms with Crippen molar-refractivity contribution < 1.29 is 9.34 Å². The van der Waals surface area contributed by atoms with Gasteiger partial charge in [-0.2, -0.15) is 0 Å². The first kappa shape index (κ1) is 14.3. The molecule has 106 valence electrons. The molecule has 0 saturated heterocycles. The van der Waals surface area contributed by atoms with Gasteiger partial charge in [0, 0.05) is 30.2 Å². The van der Waals surface area contributed by atoms with Gasteiger partial charge in [-0.05, 0) is 37.7 Å². The van der Waals surface area contributed by atoms with Crippen LogP contribution in [0.5, 0.6) is 0 Å². The summed E-state index contributed by atoms with van der Waals surface area (Å²) in [6.45, 7) is 5.11. The first-order chi connectivity index (χ1) is 9.60. The SMILES string of the molecule is CCNC(C)Cc1ccc(-c2ccc([N+](=O)[O-])cc2)o1. The maximum atomic E-state index is 10.6. The third kappa shape index (κ3) is 3.45. The van der Waals surface area contributed by atoms with E-state index in [2.05, 4.69) is 19.2 Å². The van der Waals surface area contributed by atoms with Gasteiger partial charge in [0.25, 0.3) is 5.69 Å². The zero-order valence-electron chi connectivity index (χ0n) is 11.6. The summed E-state index contributed by atoms with van der Waals surface area (Å²) in [5.74, 6) is 1.64. The Hall–Kier alpha value is -2.14. The highest BCUT2D eigenvalue weighted by Gasteiger charge is 2.10. The standard InChI is InChI=1S/C15H18N2O3/c1-3-16-11(2)10-14-8-9-15(20-14)12-4-6-13(7-5-12)17(18)19/h4-9,11,16H,3,10H2,1-2H3. The van der Waals surface area contributed by atoms with Crippen molar-refractivity contribution in [1.82, 2.24) is 5.32 Å². The number of nitrogens with one attached hydrogen (secondary N) is 1. The highest BCUT2D eigenvalue weighted by Crippen LogP contribution is 2.24. The van der Waals surface area contributed by atoms with Crippen molar-refractivity contribution in [1.29, 1.82) is 0 Å². The number of hydrogen-bond donors (Lipinski definition) is 1. The zero-order valence-corrected chi connectivity index (χ0v) is 11.6. The van der Waals surface area contributed by atoms with E-state index < -0.39 is 4.92 Å². The molecule has 0 bridgehead atoms. The smallest absolute Gasteiger partial charge is 0.269 e. The van der Waals surface area contributed by atoms with Gasteiger partial charge >= 0.3 is 0 Å². The number of benzene rings is 1. The van der Waals surface area contributed by atoms with Crippen molar-refractivity contribution in [3.63, 3.8) is 0 Å². The summed E-state index contributed by atoms with van der Waals surface area (Å²) in [5, 5.41) is 13.9. The van der Waals surface area contributed by atoms with Crippen molar-refractivity contribution in [3.05, 3.63) is 52.3 Å². The van der Waals surface area contributed by atoms with E-state index in [1.165, 1.54) is 12.1 Å². The average Bonchev–Trinajstić information content (AvgIpc) is 2.87. The van der Waals surface area contributed by atoms with E-state index in [1.807, 2.05) is 12.1 Å². The normalized spacial score (nSPS) is 12.3. The first-order valence-corrected chi connectivity index (χ1v) is 6.67. The van der Waals surface area contributed by atoms with E-state index in [0.717, 1.165) is 30.0 Å².